The number of anilines is 1. The van der Waals surface area contributed by atoms with E-state index in [4.69, 9.17) is 0 Å². The van der Waals surface area contributed by atoms with Crippen molar-refractivity contribution in [2.75, 3.05) is 11.9 Å². The normalized spacial score (nSPS) is 10.9. The Hall–Kier alpha value is -1.60. The van der Waals surface area contributed by atoms with Crippen LogP contribution in [0.3, 0.4) is 0 Å². The lowest BCUT2D eigenvalue weighted by Gasteiger charge is -2.07. The van der Waals surface area contributed by atoms with E-state index < -0.39 is 0 Å². The topological polar surface area (TPSA) is 66.5 Å². The maximum atomic E-state index is 4.55. The molecule has 0 bridgehead atoms. The van der Waals surface area contributed by atoms with Crippen LogP contribution in [0.5, 0.6) is 0 Å². The molecule has 2 N–H and O–H groups in total. The van der Waals surface area contributed by atoms with Crippen LogP contribution in [0.4, 0.5) is 5.95 Å². The molecular formula is C13H12BrN5S. The number of hydrogen-bond acceptors (Lipinski definition) is 5. The molecule has 2 aromatic heterocycles. The fourth-order valence-electron chi connectivity index (χ4n) is 1.75. The van der Waals surface area contributed by atoms with Gasteiger partial charge in [0.05, 0.1) is 6.33 Å². The van der Waals surface area contributed by atoms with Gasteiger partial charge in [0, 0.05) is 15.9 Å². The van der Waals surface area contributed by atoms with E-state index >= 15 is 0 Å². The number of nitrogens with one attached hydrogen (secondary N) is 2. The van der Waals surface area contributed by atoms with Gasteiger partial charge in [-0.25, -0.2) is 9.97 Å². The maximum Gasteiger partial charge on any atom is 0.225 e. The second-order valence-corrected chi connectivity index (χ2v) is 5.90. The van der Waals surface area contributed by atoms with Gasteiger partial charge < -0.3 is 10.3 Å². The number of imidazole rings is 1. The third kappa shape index (κ3) is 2.64. The van der Waals surface area contributed by atoms with Crippen LogP contribution in [0.2, 0.25) is 0 Å². The molecule has 3 rings (SSSR count). The van der Waals surface area contributed by atoms with Gasteiger partial charge in [-0.3, -0.25) is 0 Å². The van der Waals surface area contributed by atoms with Gasteiger partial charge in [0.25, 0.3) is 0 Å². The summed E-state index contributed by atoms with van der Waals surface area (Å²) in [6.45, 7) is 2.79. The SMILES string of the molecule is CCNc1nc(Sc2ccccc2Br)c2[nH]cnc2n1. The summed E-state index contributed by atoms with van der Waals surface area (Å²) in [6, 6.07) is 8.05. The van der Waals surface area contributed by atoms with Gasteiger partial charge in [0.1, 0.15) is 10.5 Å². The molecule has 1 aromatic carbocycles. The van der Waals surface area contributed by atoms with Gasteiger partial charge in [0.15, 0.2) is 5.65 Å². The average Bonchev–Trinajstić information content (AvgIpc) is 2.90. The smallest absolute Gasteiger partial charge is 0.225 e. The molecule has 102 valence electrons. The lowest BCUT2D eigenvalue weighted by atomic mass is 10.4. The number of benzene rings is 1. The lowest BCUT2D eigenvalue weighted by molar-refractivity contribution is 1.04. The number of nitrogens with zero attached hydrogens (tertiary/aromatic N) is 3. The van der Waals surface area contributed by atoms with Crippen LogP contribution in [-0.4, -0.2) is 26.5 Å². The summed E-state index contributed by atoms with van der Waals surface area (Å²) in [5.41, 5.74) is 1.53. The maximum absolute atomic E-state index is 4.55. The van der Waals surface area contributed by atoms with Crippen molar-refractivity contribution < 1.29 is 0 Å². The van der Waals surface area contributed by atoms with Crippen molar-refractivity contribution in [3.8, 4) is 0 Å². The fourth-order valence-corrected chi connectivity index (χ4v) is 3.18. The van der Waals surface area contributed by atoms with Crippen molar-refractivity contribution in [2.24, 2.45) is 0 Å². The molecule has 0 spiro atoms. The van der Waals surface area contributed by atoms with E-state index in [1.54, 1.807) is 18.1 Å². The molecule has 0 saturated heterocycles. The predicted octanol–water partition coefficient (Wildman–Crippen LogP) is 3.70. The molecule has 0 aliphatic carbocycles. The Labute approximate surface area is 128 Å². The number of aromatic amines is 1. The van der Waals surface area contributed by atoms with Crippen molar-refractivity contribution in [1.29, 1.82) is 0 Å². The largest absolute Gasteiger partial charge is 0.354 e. The van der Waals surface area contributed by atoms with Gasteiger partial charge in [-0.1, -0.05) is 23.9 Å². The zero-order chi connectivity index (χ0) is 13.9. The quantitative estimate of drug-likeness (QED) is 0.703. The first-order valence-corrected chi connectivity index (χ1v) is 7.76. The van der Waals surface area contributed by atoms with Crippen molar-refractivity contribution in [3.05, 3.63) is 35.1 Å². The summed E-state index contributed by atoms with van der Waals surface area (Å²) in [7, 11) is 0. The van der Waals surface area contributed by atoms with Gasteiger partial charge in [0.2, 0.25) is 5.95 Å². The molecule has 3 aromatic rings. The number of halogens is 1. The Morgan fingerprint density at radius 2 is 2.15 bits per heavy atom. The Kier molecular flexibility index (Phi) is 3.88. The van der Waals surface area contributed by atoms with E-state index in [0.29, 0.717) is 11.6 Å². The minimum atomic E-state index is 0.599. The summed E-state index contributed by atoms with van der Waals surface area (Å²) in [4.78, 5) is 17.3. The molecule has 0 saturated carbocycles. The van der Waals surface area contributed by atoms with Gasteiger partial charge in [-0.2, -0.15) is 4.98 Å². The van der Waals surface area contributed by atoms with E-state index in [2.05, 4.69) is 41.2 Å². The molecule has 0 aliphatic heterocycles. The summed E-state index contributed by atoms with van der Waals surface area (Å²) in [5.74, 6) is 0.599. The highest BCUT2D eigenvalue weighted by atomic mass is 79.9. The van der Waals surface area contributed by atoms with Crippen LogP contribution in [0.1, 0.15) is 6.92 Å². The molecule has 20 heavy (non-hydrogen) atoms. The van der Waals surface area contributed by atoms with Gasteiger partial charge in [-0.15, -0.1) is 0 Å². The molecule has 0 atom stereocenters. The number of aromatic nitrogens is 4. The van der Waals surface area contributed by atoms with E-state index in [1.807, 2.05) is 31.2 Å². The molecule has 0 unspecified atom stereocenters. The van der Waals surface area contributed by atoms with Crippen molar-refractivity contribution in [1.82, 2.24) is 19.9 Å². The first-order chi connectivity index (χ1) is 9.78. The van der Waals surface area contributed by atoms with Crippen LogP contribution in [0.25, 0.3) is 11.2 Å². The molecule has 0 fully saturated rings. The highest BCUT2D eigenvalue weighted by molar-refractivity contribution is 9.10. The Morgan fingerprint density at radius 1 is 1.30 bits per heavy atom. The second-order valence-electron chi connectivity index (χ2n) is 4.02. The molecule has 0 amide bonds. The number of hydrogen-bond donors (Lipinski definition) is 2. The molecule has 7 heteroatoms. The van der Waals surface area contributed by atoms with Gasteiger partial charge >= 0.3 is 0 Å². The Morgan fingerprint density at radius 3 is 2.95 bits per heavy atom. The third-order valence-electron chi connectivity index (χ3n) is 2.63. The second kappa shape index (κ2) is 5.80. The van der Waals surface area contributed by atoms with Crippen molar-refractivity contribution in [3.63, 3.8) is 0 Å². The molecule has 2 heterocycles. The zero-order valence-electron chi connectivity index (χ0n) is 10.7. The summed E-state index contributed by atoms with van der Waals surface area (Å²) < 4.78 is 1.04. The Bertz CT molecular complexity index is 742. The molecular weight excluding hydrogens is 338 g/mol. The van der Waals surface area contributed by atoms with E-state index in [-0.39, 0.29) is 0 Å². The van der Waals surface area contributed by atoms with Gasteiger partial charge in [-0.05, 0) is 35.0 Å². The third-order valence-corrected chi connectivity index (χ3v) is 4.65. The fraction of sp³-hybridized carbons (Fsp3) is 0.154. The number of rotatable bonds is 4. The van der Waals surface area contributed by atoms with Crippen molar-refractivity contribution in [2.45, 2.75) is 16.8 Å². The first-order valence-electron chi connectivity index (χ1n) is 6.15. The van der Waals surface area contributed by atoms with Crippen LogP contribution >= 0.6 is 27.7 Å². The summed E-state index contributed by atoms with van der Waals surface area (Å²) >= 11 is 5.13. The first kappa shape index (κ1) is 13.4. The minimum Gasteiger partial charge on any atom is -0.354 e. The van der Waals surface area contributed by atoms with Crippen LogP contribution in [0.15, 0.2) is 45.0 Å². The average molecular weight is 350 g/mol. The standard InChI is InChI=1S/C13H12BrN5S/c1-2-15-13-18-11-10(16-7-17-11)12(19-13)20-9-6-4-3-5-8(9)14/h3-7H,2H2,1H3,(H2,15,16,17,18,19). The molecule has 0 aliphatic rings. The monoisotopic (exact) mass is 349 g/mol. The van der Waals surface area contributed by atoms with Crippen LogP contribution in [-0.2, 0) is 0 Å². The van der Waals surface area contributed by atoms with E-state index in [1.165, 1.54) is 0 Å². The van der Waals surface area contributed by atoms with E-state index in [9.17, 15) is 0 Å². The molecule has 5 nitrogen and oxygen atoms in total. The summed E-state index contributed by atoms with van der Waals surface area (Å²) in [5, 5.41) is 3.99. The lowest BCUT2D eigenvalue weighted by Crippen LogP contribution is -2.03. The van der Waals surface area contributed by atoms with E-state index in [0.717, 1.165) is 26.5 Å². The summed E-state index contributed by atoms with van der Waals surface area (Å²) in [6.07, 6.45) is 1.64. The van der Waals surface area contributed by atoms with Crippen LogP contribution in [0, 0.1) is 0 Å². The number of fused-ring (bicyclic) bond motifs is 1. The minimum absolute atomic E-state index is 0.599. The zero-order valence-corrected chi connectivity index (χ0v) is 13.1. The number of H-pyrrole nitrogens is 1. The Balaban J connectivity index is 2.05. The predicted molar refractivity (Wildman–Crippen MR) is 84.1 cm³/mol. The van der Waals surface area contributed by atoms with Crippen LogP contribution < -0.4 is 5.32 Å². The molecule has 0 radical (unpaired) electrons. The highest BCUT2D eigenvalue weighted by Crippen LogP contribution is 2.35. The highest BCUT2D eigenvalue weighted by Gasteiger charge is 2.12. The van der Waals surface area contributed by atoms with Crippen molar-refractivity contribution >= 4 is 44.8 Å².